The lowest BCUT2D eigenvalue weighted by molar-refractivity contribution is -0.150. The molecule has 0 bridgehead atoms. The summed E-state index contributed by atoms with van der Waals surface area (Å²) in [5.74, 6) is 1.48. The molecule has 0 radical (unpaired) electrons. The van der Waals surface area contributed by atoms with Crippen molar-refractivity contribution in [1.29, 1.82) is 0 Å². The third-order valence-corrected chi connectivity index (χ3v) is 7.61. The van der Waals surface area contributed by atoms with Crippen LogP contribution < -0.4 is 21.7 Å². The number of H-pyrrole nitrogens is 1. The van der Waals surface area contributed by atoms with Gasteiger partial charge >= 0.3 is 5.69 Å². The van der Waals surface area contributed by atoms with Gasteiger partial charge in [0.05, 0.1) is 11.4 Å². The number of nitrogens with one attached hydrogen (secondary N) is 1. The fraction of sp³-hybridized carbons (Fsp3) is 0.160. The number of nitrogens with two attached hydrogens (primary N) is 1. The van der Waals surface area contributed by atoms with E-state index in [-0.39, 0.29) is 16.1 Å². The maximum absolute atomic E-state index is 13.5. The van der Waals surface area contributed by atoms with Crippen LogP contribution in [0, 0.1) is 12.3 Å². The maximum atomic E-state index is 13.5. The Morgan fingerprint density at radius 2 is 1.74 bits per heavy atom. The van der Waals surface area contributed by atoms with Crippen LogP contribution in [0.5, 0.6) is 11.5 Å². The molecule has 0 aliphatic rings. The van der Waals surface area contributed by atoms with Crippen LogP contribution in [0.2, 0.25) is 0 Å². The number of hydrogen-bond acceptors (Lipinski definition) is 9. The number of aliphatic hydroxyl groups is 1. The Morgan fingerprint density at radius 1 is 1.10 bits per heavy atom. The number of sulfonamides is 1. The van der Waals surface area contributed by atoms with Crippen LogP contribution in [0.1, 0.15) is 6.42 Å². The largest absolute Gasteiger partial charge is 0.457 e. The molecule has 14 heteroatoms. The van der Waals surface area contributed by atoms with Gasteiger partial charge in [-0.2, -0.15) is 0 Å². The number of primary amides is 1. The zero-order valence-electron chi connectivity index (χ0n) is 20.2. The Bertz CT molecular complexity index is 1780. The first-order valence-corrected chi connectivity index (χ1v) is 12.8. The number of carbonyl (C=O) groups excluding carboxylic acids is 1. The molecule has 2 heterocycles. The van der Waals surface area contributed by atoms with Gasteiger partial charge in [0.1, 0.15) is 11.5 Å². The molecule has 4 rings (SSSR count). The van der Waals surface area contributed by atoms with Crippen LogP contribution in [-0.4, -0.2) is 55.5 Å². The quantitative estimate of drug-likeness (QED) is 0.182. The predicted molar refractivity (Wildman–Crippen MR) is 139 cm³/mol. The van der Waals surface area contributed by atoms with Crippen molar-refractivity contribution in [1.82, 2.24) is 23.8 Å². The van der Waals surface area contributed by atoms with Crippen molar-refractivity contribution in [3.05, 3.63) is 87.8 Å². The summed E-state index contributed by atoms with van der Waals surface area (Å²) in [7, 11) is -4.63. The summed E-state index contributed by atoms with van der Waals surface area (Å²) < 4.78 is 33.7. The molecule has 1 unspecified atom stereocenters. The highest BCUT2D eigenvalue weighted by Crippen LogP contribution is 2.28. The molecule has 0 saturated carbocycles. The van der Waals surface area contributed by atoms with Gasteiger partial charge in [-0.1, -0.05) is 24.1 Å². The Morgan fingerprint density at radius 3 is 2.38 bits per heavy atom. The van der Waals surface area contributed by atoms with E-state index in [4.69, 9.17) is 16.9 Å². The molecular formula is C25H22N6O7S. The topological polar surface area (TPSA) is 191 Å². The van der Waals surface area contributed by atoms with Crippen LogP contribution in [0.15, 0.2) is 81.5 Å². The molecular weight excluding hydrogens is 528 g/mol. The van der Waals surface area contributed by atoms with Crippen molar-refractivity contribution in [2.24, 2.45) is 5.73 Å². The van der Waals surface area contributed by atoms with Crippen molar-refractivity contribution in [3.8, 4) is 23.8 Å². The van der Waals surface area contributed by atoms with Crippen LogP contribution in [0.25, 0.3) is 11.2 Å². The zero-order valence-corrected chi connectivity index (χ0v) is 21.0. The van der Waals surface area contributed by atoms with Crippen LogP contribution in [0.3, 0.4) is 0 Å². The summed E-state index contributed by atoms with van der Waals surface area (Å²) in [6.07, 6.45) is 7.09. The highest BCUT2D eigenvalue weighted by molar-refractivity contribution is 7.89. The molecule has 4 N–H and O–H groups in total. The summed E-state index contributed by atoms with van der Waals surface area (Å²) in [5.41, 5.74) is 0.506. The molecule has 4 aromatic rings. The second kappa shape index (κ2) is 10.9. The monoisotopic (exact) mass is 550 g/mol. The third-order valence-electron chi connectivity index (χ3n) is 5.73. The number of fused-ring (bicyclic) bond motifs is 1. The van der Waals surface area contributed by atoms with E-state index in [1.54, 1.807) is 24.3 Å². The van der Waals surface area contributed by atoms with E-state index in [1.807, 2.05) is 6.07 Å². The van der Waals surface area contributed by atoms with Gasteiger partial charge in [-0.15, -0.1) is 10.7 Å². The van der Waals surface area contributed by atoms with Gasteiger partial charge in [0, 0.05) is 25.4 Å². The SMILES string of the molecule is C#CCN(C(O)(CCn1c(=O)[nH]c2nccnc2c1=O)C(N)=O)S(=O)(=O)c1ccc(Oc2ccccc2)cc1. The smallest absolute Gasteiger partial charge is 0.330 e. The number of aromatic nitrogens is 4. The van der Waals surface area contributed by atoms with E-state index in [2.05, 4.69) is 20.9 Å². The molecule has 0 fully saturated rings. The second-order valence-electron chi connectivity index (χ2n) is 8.17. The third kappa shape index (κ3) is 5.41. The Balaban J connectivity index is 1.66. The molecule has 0 aliphatic heterocycles. The Hall–Kier alpha value is -4.84. The summed E-state index contributed by atoms with van der Waals surface area (Å²) in [6.45, 7) is -1.36. The first-order chi connectivity index (χ1) is 18.6. The van der Waals surface area contributed by atoms with E-state index in [1.165, 1.54) is 36.7 Å². The lowest BCUT2D eigenvalue weighted by Crippen LogP contribution is -2.60. The minimum atomic E-state index is -4.63. The number of nitrogens with zero attached hydrogens (tertiary/aromatic N) is 4. The van der Waals surface area contributed by atoms with Crippen LogP contribution in [-0.2, 0) is 21.4 Å². The first kappa shape index (κ1) is 27.2. The molecule has 200 valence electrons. The number of benzene rings is 2. The first-order valence-electron chi connectivity index (χ1n) is 11.3. The van der Waals surface area contributed by atoms with Gasteiger partial charge in [-0.25, -0.2) is 23.2 Å². The fourth-order valence-corrected chi connectivity index (χ4v) is 5.30. The number of rotatable bonds is 10. The number of ether oxygens (including phenoxy) is 1. The highest BCUT2D eigenvalue weighted by Gasteiger charge is 2.47. The zero-order chi connectivity index (χ0) is 28.2. The number of amides is 1. The van der Waals surface area contributed by atoms with E-state index in [0.717, 1.165) is 0 Å². The lowest BCUT2D eigenvalue weighted by Gasteiger charge is -2.35. The average molecular weight is 551 g/mol. The van der Waals surface area contributed by atoms with E-state index < -0.39 is 52.4 Å². The molecule has 13 nitrogen and oxygen atoms in total. The van der Waals surface area contributed by atoms with Gasteiger partial charge in [0.2, 0.25) is 15.7 Å². The molecule has 1 atom stereocenters. The Labute approximate surface area is 221 Å². The van der Waals surface area contributed by atoms with E-state index in [0.29, 0.717) is 20.4 Å². The van der Waals surface area contributed by atoms with Crippen molar-refractivity contribution in [2.45, 2.75) is 23.6 Å². The summed E-state index contributed by atoms with van der Waals surface area (Å²) in [6, 6.07) is 13.9. The van der Waals surface area contributed by atoms with Gasteiger partial charge in [-0.05, 0) is 36.4 Å². The van der Waals surface area contributed by atoms with E-state index >= 15 is 0 Å². The predicted octanol–water partition coefficient (Wildman–Crippen LogP) is 0.160. The normalized spacial score (nSPS) is 13.1. The Kier molecular flexibility index (Phi) is 7.58. The summed E-state index contributed by atoms with van der Waals surface area (Å²) in [5, 5.41) is 11.3. The molecule has 0 aliphatic carbocycles. The number of hydrogen-bond donors (Lipinski definition) is 3. The van der Waals surface area contributed by atoms with Gasteiger partial charge in [0.15, 0.2) is 11.2 Å². The maximum Gasteiger partial charge on any atom is 0.330 e. The number of para-hydroxylation sites is 1. The van der Waals surface area contributed by atoms with Crippen LogP contribution >= 0.6 is 0 Å². The van der Waals surface area contributed by atoms with E-state index in [9.17, 15) is 27.9 Å². The summed E-state index contributed by atoms with van der Waals surface area (Å²) >= 11 is 0. The minimum absolute atomic E-state index is 0.0647. The molecule has 0 spiro atoms. The number of carbonyl (C=O) groups is 1. The van der Waals surface area contributed by atoms with Crippen LogP contribution in [0.4, 0.5) is 0 Å². The second-order valence-corrected chi connectivity index (χ2v) is 10.0. The van der Waals surface area contributed by atoms with Crippen molar-refractivity contribution in [3.63, 3.8) is 0 Å². The highest BCUT2D eigenvalue weighted by atomic mass is 32.2. The molecule has 2 aromatic carbocycles. The standard InChI is InChI=1S/C25H22N6O7S/c1-2-15-31(39(36,37)19-10-8-18(9-11-19)38-17-6-4-3-5-7-17)25(35,23(26)33)12-16-30-22(32)20-21(29-24(30)34)28-14-13-27-20/h1,3-11,13-14,35H,12,15-16H2,(H2,26,33)(H,28,29,34). The van der Waals surface area contributed by atoms with Crippen molar-refractivity contribution >= 4 is 27.1 Å². The fourth-order valence-electron chi connectivity index (χ4n) is 3.75. The molecule has 2 aromatic heterocycles. The van der Waals surface area contributed by atoms with Crippen molar-refractivity contribution in [2.75, 3.05) is 6.54 Å². The average Bonchev–Trinajstić information content (AvgIpc) is 2.92. The van der Waals surface area contributed by atoms with Gasteiger partial charge in [-0.3, -0.25) is 19.1 Å². The van der Waals surface area contributed by atoms with Gasteiger partial charge < -0.3 is 15.6 Å². The molecule has 39 heavy (non-hydrogen) atoms. The van der Waals surface area contributed by atoms with Gasteiger partial charge in [0.25, 0.3) is 11.5 Å². The molecule has 0 saturated heterocycles. The number of terminal acetylenes is 1. The lowest BCUT2D eigenvalue weighted by atomic mass is 10.1. The van der Waals surface area contributed by atoms with Crippen molar-refractivity contribution < 1.29 is 23.1 Å². The summed E-state index contributed by atoms with van der Waals surface area (Å²) in [4.78, 5) is 47.5. The minimum Gasteiger partial charge on any atom is -0.457 e. The molecule has 1 amide bonds. The number of aromatic amines is 1.